The quantitative estimate of drug-likeness (QED) is 0.672. The smallest absolute Gasteiger partial charge is 0.327 e. The van der Waals surface area contributed by atoms with Crippen molar-refractivity contribution in [3.63, 3.8) is 0 Å². The second-order valence-electron chi connectivity index (χ2n) is 3.23. The van der Waals surface area contributed by atoms with Crippen molar-refractivity contribution < 1.29 is 9.31 Å². The highest BCUT2D eigenvalue weighted by molar-refractivity contribution is 7.07. The van der Waals surface area contributed by atoms with Gasteiger partial charge in [0.2, 0.25) is 5.82 Å². The van der Waals surface area contributed by atoms with Gasteiger partial charge >= 0.3 is 5.69 Å². The Balaban J connectivity index is 2.21. The third-order valence-electron chi connectivity index (χ3n) is 2.11. The summed E-state index contributed by atoms with van der Waals surface area (Å²) in [5, 5.41) is 15.3. The summed E-state index contributed by atoms with van der Waals surface area (Å²) in [6.45, 7) is 0.327. The number of thiazole rings is 1. The van der Waals surface area contributed by atoms with Crippen molar-refractivity contribution in [2.75, 3.05) is 5.32 Å². The predicted molar refractivity (Wildman–Crippen MR) is 62.5 cm³/mol. The number of nitrogens with zero attached hydrogens (tertiary/aromatic N) is 2. The third-order valence-corrected chi connectivity index (χ3v) is 2.75. The highest BCUT2D eigenvalue weighted by Crippen LogP contribution is 2.27. The summed E-state index contributed by atoms with van der Waals surface area (Å²) in [6.07, 6.45) is 0. The summed E-state index contributed by atoms with van der Waals surface area (Å²) in [4.78, 5) is 14.0. The number of anilines is 1. The normalized spacial score (nSPS) is 10.2. The zero-order chi connectivity index (χ0) is 12.3. The molecule has 0 saturated carbocycles. The van der Waals surface area contributed by atoms with E-state index in [2.05, 4.69) is 10.3 Å². The molecule has 0 atom stereocenters. The largest absolute Gasteiger partial charge is 0.374 e. The lowest BCUT2D eigenvalue weighted by Crippen LogP contribution is -2.04. The van der Waals surface area contributed by atoms with Gasteiger partial charge in [0.05, 0.1) is 22.7 Å². The van der Waals surface area contributed by atoms with E-state index in [1.54, 1.807) is 5.51 Å². The number of para-hydroxylation sites is 1. The molecule has 7 heteroatoms. The third kappa shape index (κ3) is 2.56. The molecule has 0 aliphatic rings. The number of hydrogen-bond donors (Lipinski definition) is 1. The first-order valence-electron chi connectivity index (χ1n) is 4.72. The molecule has 0 aliphatic carbocycles. The van der Waals surface area contributed by atoms with Crippen molar-refractivity contribution >= 4 is 22.7 Å². The summed E-state index contributed by atoms with van der Waals surface area (Å²) < 4.78 is 13.3. The minimum Gasteiger partial charge on any atom is -0.374 e. The molecule has 0 radical (unpaired) electrons. The van der Waals surface area contributed by atoms with Crippen LogP contribution in [0.1, 0.15) is 5.69 Å². The van der Waals surface area contributed by atoms with Crippen LogP contribution in [-0.4, -0.2) is 9.91 Å². The average Bonchev–Trinajstić information content (AvgIpc) is 2.78. The van der Waals surface area contributed by atoms with Crippen LogP contribution in [-0.2, 0) is 6.54 Å². The van der Waals surface area contributed by atoms with Crippen LogP contribution in [0.25, 0.3) is 0 Å². The van der Waals surface area contributed by atoms with Gasteiger partial charge in [0, 0.05) is 5.38 Å². The molecular weight excluding hydrogens is 245 g/mol. The van der Waals surface area contributed by atoms with Crippen molar-refractivity contribution in [1.29, 1.82) is 0 Å². The second-order valence-corrected chi connectivity index (χ2v) is 3.95. The fourth-order valence-corrected chi connectivity index (χ4v) is 1.91. The van der Waals surface area contributed by atoms with Gasteiger partial charge < -0.3 is 5.32 Å². The SMILES string of the molecule is O=[N+]([O-])c1c(F)cccc1NCc1cscn1. The molecule has 0 spiro atoms. The maximum atomic E-state index is 13.3. The van der Waals surface area contributed by atoms with E-state index in [9.17, 15) is 14.5 Å². The first-order chi connectivity index (χ1) is 8.18. The molecule has 5 nitrogen and oxygen atoms in total. The summed E-state index contributed by atoms with van der Waals surface area (Å²) in [5.41, 5.74) is 2.04. The Morgan fingerprint density at radius 2 is 2.35 bits per heavy atom. The summed E-state index contributed by atoms with van der Waals surface area (Å²) in [5.74, 6) is -0.849. The van der Waals surface area contributed by atoms with E-state index in [4.69, 9.17) is 0 Å². The molecule has 0 aliphatic heterocycles. The van der Waals surface area contributed by atoms with Gasteiger partial charge in [-0.3, -0.25) is 10.1 Å². The van der Waals surface area contributed by atoms with Crippen LogP contribution in [0.4, 0.5) is 15.8 Å². The number of aromatic nitrogens is 1. The molecular formula is C10H8FN3O2S. The minimum atomic E-state index is -0.849. The maximum absolute atomic E-state index is 13.3. The second kappa shape index (κ2) is 4.88. The van der Waals surface area contributed by atoms with Crippen LogP contribution in [0.2, 0.25) is 0 Å². The summed E-state index contributed by atoms with van der Waals surface area (Å²) >= 11 is 1.43. The molecule has 1 heterocycles. The van der Waals surface area contributed by atoms with E-state index < -0.39 is 16.4 Å². The fourth-order valence-electron chi connectivity index (χ4n) is 1.35. The van der Waals surface area contributed by atoms with Crippen molar-refractivity contribution in [3.05, 3.63) is 50.7 Å². The van der Waals surface area contributed by atoms with Gasteiger partial charge in [0.25, 0.3) is 0 Å². The lowest BCUT2D eigenvalue weighted by molar-refractivity contribution is -0.386. The number of nitro benzene ring substituents is 1. The first-order valence-corrected chi connectivity index (χ1v) is 5.66. The molecule has 0 saturated heterocycles. The van der Waals surface area contributed by atoms with E-state index in [0.29, 0.717) is 6.54 Å². The van der Waals surface area contributed by atoms with E-state index in [1.807, 2.05) is 5.38 Å². The Hall–Kier alpha value is -2.02. The number of benzene rings is 1. The zero-order valence-electron chi connectivity index (χ0n) is 8.59. The van der Waals surface area contributed by atoms with Gasteiger partial charge in [-0.05, 0) is 12.1 Å². The molecule has 1 aromatic heterocycles. The Morgan fingerprint density at radius 1 is 1.53 bits per heavy atom. The predicted octanol–water partition coefficient (Wildman–Crippen LogP) is 2.80. The van der Waals surface area contributed by atoms with E-state index in [-0.39, 0.29) is 5.69 Å². The van der Waals surface area contributed by atoms with Gasteiger partial charge in [-0.2, -0.15) is 4.39 Å². The fraction of sp³-hybridized carbons (Fsp3) is 0.100. The molecule has 0 unspecified atom stereocenters. The first kappa shape index (κ1) is 11.5. The number of nitrogens with one attached hydrogen (secondary N) is 1. The number of rotatable bonds is 4. The highest BCUT2D eigenvalue weighted by Gasteiger charge is 2.19. The Kier molecular flexibility index (Phi) is 3.29. The van der Waals surface area contributed by atoms with Gasteiger partial charge in [0.1, 0.15) is 5.69 Å². The molecule has 2 aromatic rings. The average molecular weight is 253 g/mol. The Bertz CT molecular complexity index is 530. The number of nitro groups is 1. The molecule has 0 fully saturated rings. The van der Waals surface area contributed by atoms with Crippen LogP contribution < -0.4 is 5.32 Å². The number of halogens is 1. The molecule has 0 bridgehead atoms. The summed E-state index contributed by atoms with van der Waals surface area (Å²) in [7, 11) is 0. The van der Waals surface area contributed by atoms with Crippen molar-refractivity contribution in [3.8, 4) is 0 Å². The zero-order valence-corrected chi connectivity index (χ0v) is 9.41. The van der Waals surface area contributed by atoms with Gasteiger partial charge in [-0.25, -0.2) is 4.98 Å². The Labute approximate surface area is 100 Å². The van der Waals surface area contributed by atoms with Crippen LogP contribution in [0.5, 0.6) is 0 Å². The highest BCUT2D eigenvalue weighted by atomic mass is 32.1. The van der Waals surface area contributed by atoms with Crippen molar-refractivity contribution in [1.82, 2.24) is 4.98 Å². The molecule has 1 aromatic carbocycles. The van der Waals surface area contributed by atoms with Gasteiger partial charge in [-0.15, -0.1) is 11.3 Å². The molecule has 0 amide bonds. The number of hydrogen-bond acceptors (Lipinski definition) is 5. The van der Waals surface area contributed by atoms with Gasteiger partial charge in [-0.1, -0.05) is 6.07 Å². The van der Waals surface area contributed by atoms with Crippen LogP contribution in [0, 0.1) is 15.9 Å². The molecule has 1 N–H and O–H groups in total. The molecule has 88 valence electrons. The van der Waals surface area contributed by atoms with Crippen LogP contribution >= 0.6 is 11.3 Å². The standard InChI is InChI=1S/C10H8FN3O2S/c11-8-2-1-3-9(10(8)14(15)16)12-4-7-5-17-6-13-7/h1-3,5-6,12H,4H2. The van der Waals surface area contributed by atoms with Crippen LogP contribution in [0.15, 0.2) is 29.1 Å². The maximum Gasteiger partial charge on any atom is 0.327 e. The van der Waals surface area contributed by atoms with E-state index in [0.717, 1.165) is 11.8 Å². The minimum absolute atomic E-state index is 0.156. The van der Waals surface area contributed by atoms with E-state index in [1.165, 1.54) is 23.5 Å². The van der Waals surface area contributed by atoms with Gasteiger partial charge in [0.15, 0.2) is 0 Å². The Morgan fingerprint density at radius 3 is 3.00 bits per heavy atom. The molecule has 2 rings (SSSR count). The lowest BCUT2D eigenvalue weighted by Gasteiger charge is -2.05. The van der Waals surface area contributed by atoms with Crippen LogP contribution in [0.3, 0.4) is 0 Å². The van der Waals surface area contributed by atoms with E-state index >= 15 is 0 Å². The van der Waals surface area contributed by atoms with Crippen molar-refractivity contribution in [2.45, 2.75) is 6.54 Å². The lowest BCUT2D eigenvalue weighted by atomic mass is 10.2. The van der Waals surface area contributed by atoms with Crippen molar-refractivity contribution in [2.24, 2.45) is 0 Å². The monoisotopic (exact) mass is 253 g/mol. The summed E-state index contributed by atoms with van der Waals surface area (Å²) in [6, 6.07) is 3.95. The molecule has 17 heavy (non-hydrogen) atoms. The topological polar surface area (TPSA) is 68.1 Å².